The maximum Gasteiger partial charge on any atom is 0.337 e. The van der Waals surface area contributed by atoms with Crippen molar-refractivity contribution in [1.29, 1.82) is 0 Å². The number of carbonyl (C=O) groups is 2. The first-order valence-electron chi connectivity index (χ1n) is 5.05. The van der Waals surface area contributed by atoms with E-state index in [1.807, 2.05) is 0 Å². The number of aromatic amines is 1. The van der Waals surface area contributed by atoms with Crippen molar-refractivity contribution in [2.45, 2.75) is 0 Å². The number of amides is 1. The van der Waals surface area contributed by atoms with Gasteiger partial charge in [-0.15, -0.1) is 0 Å². The molecule has 0 aliphatic rings. The number of benzene rings is 1. The molecule has 0 aliphatic heterocycles. The molecular formula is C12H9ClN2O3. The van der Waals surface area contributed by atoms with Gasteiger partial charge in [0.05, 0.1) is 16.3 Å². The molecular weight excluding hydrogens is 256 g/mol. The molecule has 2 rings (SSSR count). The minimum Gasteiger partial charge on any atom is -0.478 e. The fourth-order valence-electron chi connectivity index (χ4n) is 1.47. The highest BCUT2D eigenvalue weighted by Crippen LogP contribution is 2.17. The molecule has 0 bridgehead atoms. The smallest absolute Gasteiger partial charge is 0.337 e. The fourth-order valence-corrected chi connectivity index (χ4v) is 1.63. The molecule has 0 saturated carbocycles. The summed E-state index contributed by atoms with van der Waals surface area (Å²) in [5, 5.41) is 11.9. The van der Waals surface area contributed by atoms with Crippen LogP contribution in [0, 0.1) is 0 Å². The molecule has 5 nitrogen and oxygen atoms in total. The zero-order valence-corrected chi connectivity index (χ0v) is 9.86. The van der Waals surface area contributed by atoms with Crippen LogP contribution in [0.2, 0.25) is 5.02 Å². The number of aromatic nitrogens is 1. The van der Waals surface area contributed by atoms with Crippen molar-refractivity contribution < 1.29 is 14.7 Å². The molecule has 3 N–H and O–H groups in total. The number of aromatic carboxylic acids is 1. The molecule has 1 amide bonds. The molecule has 0 spiro atoms. The predicted molar refractivity (Wildman–Crippen MR) is 67.2 cm³/mol. The first-order valence-corrected chi connectivity index (χ1v) is 5.43. The van der Waals surface area contributed by atoms with E-state index in [-0.39, 0.29) is 16.9 Å². The molecule has 1 aromatic carbocycles. The van der Waals surface area contributed by atoms with Crippen LogP contribution in [-0.4, -0.2) is 22.0 Å². The van der Waals surface area contributed by atoms with Crippen LogP contribution in [0.1, 0.15) is 20.8 Å². The van der Waals surface area contributed by atoms with E-state index in [9.17, 15) is 9.59 Å². The van der Waals surface area contributed by atoms with Crippen LogP contribution in [0.4, 0.5) is 5.69 Å². The van der Waals surface area contributed by atoms with Crippen LogP contribution < -0.4 is 5.32 Å². The molecule has 0 radical (unpaired) electrons. The Labute approximate surface area is 107 Å². The van der Waals surface area contributed by atoms with Gasteiger partial charge in [-0.2, -0.15) is 0 Å². The number of carbonyl (C=O) groups excluding carboxylic acids is 1. The zero-order valence-electron chi connectivity index (χ0n) is 9.11. The Morgan fingerprint density at radius 2 is 2.00 bits per heavy atom. The molecule has 18 heavy (non-hydrogen) atoms. The minimum atomic E-state index is -1.10. The van der Waals surface area contributed by atoms with E-state index in [2.05, 4.69) is 10.3 Å². The second-order valence-electron chi connectivity index (χ2n) is 3.54. The number of anilines is 1. The lowest BCUT2D eigenvalue weighted by Crippen LogP contribution is -2.14. The van der Waals surface area contributed by atoms with Gasteiger partial charge in [0.15, 0.2) is 0 Å². The number of H-pyrrole nitrogens is 1. The van der Waals surface area contributed by atoms with Crippen molar-refractivity contribution in [2.75, 3.05) is 5.32 Å². The number of para-hydroxylation sites is 1. The van der Waals surface area contributed by atoms with Gasteiger partial charge < -0.3 is 15.4 Å². The summed E-state index contributed by atoms with van der Waals surface area (Å²) in [6, 6.07) is 7.63. The van der Waals surface area contributed by atoms with Crippen molar-refractivity contribution in [3.8, 4) is 0 Å². The third-order valence-corrected chi connectivity index (χ3v) is 2.52. The average molecular weight is 265 g/mol. The van der Waals surface area contributed by atoms with Crippen LogP contribution in [0.25, 0.3) is 0 Å². The lowest BCUT2D eigenvalue weighted by Gasteiger charge is -2.06. The van der Waals surface area contributed by atoms with Crippen LogP contribution in [0.3, 0.4) is 0 Å². The summed E-state index contributed by atoms with van der Waals surface area (Å²) in [4.78, 5) is 25.5. The number of halogens is 1. The van der Waals surface area contributed by atoms with Crippen molar-refractivity contribution in [3.05, 3.63) is 52.8 Å². The molecule has 2 aromatic rings. The first-order chi connectivity index (χ1) is 8.58. The van der Waals surface area contributed by atoms with Gasteiger partial charge in [0, 0.05) is 6.20 Å². The number of carboxylic acid groups (broad SMARTS) is 1. The number of hydrogen-bond acceptors (Lipinski definition) is 2. The molecule has 6 heteroatoms. The Bertz CT molecular complexity index is 607. The van der Waals surface area contributed by atoms with Crippen molar-refractivity contribution in [1.82, 2.24) is 4.98 Å². The number of nitrogens with one attached hydrogen (secondary N) is 2. The Kier molecular flexibility index (Phi) is 3.34. The van der Waals surface area contributed by atoms with Crippen molar-refractivity contribution in [2.24, 2.45) is 0 Å². The van der Waals surface area contributed by atoms with Crippen LogP contribution in [-0.2, 0) is 0 Å². The first kappa shape index (κ1) is 12.2. The topological polar surface area (TPSA) is 82.2 Å². The van der Waals surface area contributed by atoms with E-state index in [1.165, 1.54) is 24.4 Å². The molecule has 1 heterocycles. The second-order valence-corrected chi connectivity index (χ2v) is 3.97. The molecule has 0 atom stereocenters. The summed E-state index contributed by atoms with van der Waals surface area (Å²) in [6.07, 6.45) is 1.47. The van der Waals surface area contributed by atoms with Crippen LogP contribution in [0.5, 0.6) is 0 Å². The molecule has 1 aromatic heterocycles. The van der Waals surface area contributed by atoms with Gasteiger partial charge >= 0.3 is 5.97 Å². The van der Waals surface area contributed by atoms with Crippen molar-refractivity contribution in [3.63, 3.8) is 0 Å². The van der Waals surface area contributed by atoms with E-state index in [0.29, 0.717) is 5.02 Å². The van der Waals surface area contributed by atoms with Gasteiger partial charge in [0.1, 0.15) is 5.69 Å². The molecule has 92 valence electrons. The van der Waals surface area contributed by atoms with Gasteiger partial charge in [-0.3, -0.25) is 4.79 Å². The largest absolute Gasteiger partial charge is 0.478 e. The monoisotopic (exact) mass is 264 g/mol. The highest BCUT2D eigenvalue weighted by molar-refractivity contribution is 6.31. The maximum absolute atomic E-state index is 11.8. The number of hydrogen-bond donors (Lipinski definition) is 3. The van der Waals surface area contributed by atoms with E-state index in [4.69, 9.17) is 16.7 Å². The third-order valence-electron chi connectivity index (χ3n) is 2.30. The van der Waals surface area contributed by atoms with Crippen molar-refractivity contribution >= 4 is 29.2 Å². The molecule has 0 aliphatic carbocycles. The Balaban J connectivity index is 2.24. The summed E-state index contributed by atoms with van der Waals surface area (Å²) in [6.45, 7) is 0. The zero-order chi connectivity index (χ0) is 13.1. The lowest BCUT2D eigenvalue weighted by atomic mass is 10.2. The van der Waals surface area contributed by atoms with Gasteiger partial charge in [0.2, 0.25) is 0 Å². The highest BCUT2D eigenvalue weighted by atomic mass is 35.5. The summed E-state index contributed by atoms with van der Waals surface area (Å²) in [7, 11) is 0. The minimum absolute atomic E-state index is 0.0310. The third kappa shape index (κ3) is 2.52. The average Bonchev–Trinajstić information content (AvgIpc) is 2.76. The Hall–Kier alpha value is -2.27. The SMILES string of the molecule is O=C(Nc1ccccc1C(=O)O)c1cc(Cl)c[nH]1. The lowest BCUT2D eigenvalue weighted by molar-refractivity contribution is 0.0698. The Morgan fingerprint density at radius 1 is 1.28 bits per heavy atom. The van der Waals surface area contributed by atoms with E-state index in [1.54, 1.807) is 12.1 Å². The summed E-state index contributed by atoms with van der Waals surface area (Å²) in [5.41, 5.74) is 0.532. The van der Waals surface area contributed by atoms with Gasteiger partial charge in [-0.25, -0.2) is 4.79 Å². The predicted octanol–water partition coefficient (Wildman–Crippen LogP) is 2.62. The van der Waals surface area contributed by atoms with Gasteiger partial charge in [-0.05, 0) is 18.2 Å². The number of rotatable bonds is 3. The highest BCUT2D eigenvalue weighted by Gasteiger charge is 2.13. The number of carboxylic acids is 1. The molecule has 0 saturated heterocycles. The van der Waals surface area contributed by atoms with Gasteiger partial charge in [0.25, 0.3) is 5.91 Å². The normalized spacial score (nSPS) is 10.1. The quantitative estimate of drug-likeness (QED) is 0.797. The summed E-state index contributed by atoms with van der Waals surface area (Å²) < 4.78 is 0. The van der Waals surface area contributed by atoms with Gasteiger partial charge in [-0.1, -0.05) is 23.7 Å². The van der Waals surface area contributed by atoms with E-state index in [0.717, 1.165) is 0 Å². The maximum atomic E-state index is 11.8. The summed E-state index contributed by atoms with van der Waals surface area (Å²) >= 11 is 5.68. The molecule has 0 unspecified atom stereocenters. The summed E-state index contributed by atoms with van der Waals surface area (Å²) in [5.74, 6) is -1.55. The fraction of sp³-hybridized carbons (Fsp3) is 0. The van der Waals surface area contributed by atoms with E-state index >= 15 is 0 Å². The van der Waals surface area contributed by atoms with Crippen LogP contribution >= 0.6 is 11.6 Å². The molecule has 0 fully saturated rings. The Morgan fingerprint density at radius 3 is 2.61 bits per heavy atom. The standard InChI is InChI=1S/C12H9ClN2O3/c13-7-5-10(14-6-7)11(16)15-9-4-2-1-3-8(9)12(17)18/h1-6,14H,(H,15,16)(H,17,18). The van der Waals surface area contributed by atoms with E-state index < -0.39 is 11.9 Å². The second kappa shape index (κ2) is 4.93. The van der Waals surface area contributed by atoms with Crippen LogP contribution in [0.15, 0.2) is 36.5 Å².